The van der Waals surface area contributed by atoms with Crippen LogP contribution in [0.2, 0.25) is 0 Å². The molecule has 0 saturated carbocycles. The number of ether oxygens (including phenoxy) is 1. The predicted octanol–water partition coefficient (Wildman–Crippen LogP) is 3.75. The Balaban J connectivity index is 1.75. The lowest BCUT2D eigenvalue weighted by Crippen LogP contribution is -2.33. The van der Waals surface area contributed by atoms with E-state index in [2.05, 4.69) is 5.32 Å². The summed E-state index contributed by atoms with van der Waals surface area (Å²) < 4.78 is 33.8. The molecule has 5 nitrogen and oxygen atoms in total. The Morgan fingerprint density at radius 2 is 2.04 bits per heavy atom. The lowest BCUT2D eigenvalue weighted by Gasteiger charge is -2.14. The second-order valence-electron chi connectivity index (χ2n) is 6.12. The number of carbonyl (C=O) groups excluding carboxylic acids is 2. The predicted molar refractivity (Wildman–Crippen MR) is 98.1 cm³/mol. The van der Waals surface area contributed by atoms with Gasteiger partial charge in [-0.25, -0.2) is 13.6 Å². The largest absolute Gasteiger partial charge is 0.442 e. The third kappa shape index (κ3) is 4.49. The van der Waals surface area contributed by atoms with E-state index >= 15 is 0 Å². The van der Waals surface area contributed by atoms with E-state index in [-0.39, 0.29) is 24.6 Å². The number of halogens is 2. The van der Waals surface area contributed by atoms with Crippen LogP contribution < -0.4 is 10.2 Å². The number of benzene rings is 2. The van der Waals surface area contributed by atoms with Crippen LogP contribution in [-0.4, -0.2) is 31.2 Å². The van der Waals surface area contributed by atoms with E-state index in [9.17, 15) is 18.4 Å². The van der Waals surface area contributed by atoms with Gasteiger partial charge in [-0.2, -0.15) is 0 Å². The molecule has 3 rings (SSSR count). The van der Waals surface area contributed by atoms with Gasteiger partial charge in [0.2, 0.25) is 5.91 Å². The van der Waals surface area contributed by atoms with Crippen molar-refractivity contribution >= 4 is 29.6 Å². The topological polar surface area (TPSA) is 58.6 Å². The summed E-state index contributed by atoms with van der Waals surface area (Å²) in [7, 11) is 0. The first-order chi connectivity index (χ1) is 12.9. The fourth-order valence-electron chi connectivity index (χ4n) is 2.71. The van der Waals surface area contributed by atoms with Crippen molar-refractivity contribution in [2.75, 3.05) is 18.0 Å². The Morgan fingerprint density at radius 3 is 2.70 bits per heavy atom. The van der Waals surface area contributed by atoms with Gasteiger partial charge in [0.05, 0.1) is 18.8 Å². The normalized spacial score (nSPS) is 17.0. The minimum atomic E-state index is -0.656. The molecule has 0 aromatic heterocycles. The third-order valence-corrected chi connectivity index (χ3v) is 4.08. The molecule has 0 spiro atoms. The first-order valence-electron chi connectivity index (χ1n) is 8.39. The van der Waals surface area contributed by atoms with Crippen molar-refractivity contribution in [3.63, 3.8) is 0 Å². The standard InChI is InChI=1S/C20H18F2N2O3/c1-13(25)23-11-17-12-24(20(26)27-17)16-8-7-15(19(22)10-16)9-18(21)14-5-3-2-4-6-14/h2-10,17H,11-12H2,1H3,(H,23,25)/b18-9-/t17-/m0/s1. The van der Waals surface area contributed by atoms with Crippen LogP contribution in [0.1, 0.15) is 18.1 Å². The molecule has 0 bridgehead atoms. The minimum absolute atomic E-state index is 0.0717. The summed E-state index contributed by atoms with van der Waals surface area (Å²) in [5, 5.41) is 2.57. The van der Waals surface area contributed by atoms with E-state index in [1.54, 1.807) is 30.3 Å². The van der Waals surface area contributed by atoms with Gasteiger partial charge in [-0.1, -0.05) is 30.3 Å². The van der Waals surface area contributed by atoms with Crippen molar-refractivity contribution in [1.82, 2.24) is 5.32 Å². The Morgan fingerprint density at radius 1 is 1.30 bits per heavy atom. The lowest BCUT2D eigenvalue weighted by molar-refractivity contribution is -0.119. The van der Waals surface area contributed by atoms with Crippen molar-refractivity contribution in [2.24, 2.45) is 0 Å². The molecule has 2 aromatic rings. The van der Waals surface area contributed by atoms with Crippen LogP contribution in [-0.2, 0) is 9.53 Å². The quantitative estimate of drug-likeness (QED) is 0.813. The second kappa shape index (κ2) is 7.99. The van der Waals surface area contributed by atoms with Crippen molar-refractivity contribution in [1.29, 1.82) is 0 Å². The fraction of sp³-hybridized carbons (Fsp3) is 0.200. The summed E-state index contributed by atoms with van der Waals surface area (Å²) in [5.74, 6) is -1.44. The Bertz CT molecular complexity index is 884. The van der Waals surface area contributed by atoms with Crippen molar-refractivity contribution in [3.8, 4) is 0 Å². The molecule has 140 valence electrons. The number of amides is 2. The van der Waals surface area contributed by atoms with E-state index in [0.717, 1.165) is 12.1 Å². The highest BCUT2D eigenvalue weighted by molar-refractivity contribution is 5.90. The minimum Gasteiger partial charge on any atom is -0.442 e. The van der Waals surface area contributed by atoms with Gasteiger partial charge in [-0.05, 0) is 24.3 Å². The van der Waals surface area contributed by atoms with E-state index < -0.39 is 23.8 Å². The van der Waals surface area contributed by atoms with Gasteiger partial charge < -0.3 is 10.1 Å². The first kappa shape index (κ1) is 18.6. The molecule has 2 amide bonds. The molecule has 0 unspecified atom stereocenters. The monoisotopic (exact) mass is 372 g/mol. The number of nitrogens with zero attached hydrogens (tertiary/aromatic N) is 1. The highest BCUT2D eigenvalue weighted by Crippen LogP contribution is 2.26. The molecule has 1 fully saturated rings. The number of hydrogen-bond acceptors (Lipinski definition) is 3. The number of rotatable bonds is 5. The molecule has 0 aliphatic carbocycles. The van der Waals surface area contributed by atoms with Crippen molar-refractivity contribution < 1.29 is 23.1 Å². The van der Waals surface area contributed by atoms with E-state index in [4.69, 9.17) is 4.74 Å². The summed E-state index contributed by atoms with van der Waals surface area (Å²) in [5.41, 5.74) is 0.729. The van der Waals surface area contributed by atoms with Crippen LogP contribution in [0.3, 0.4) is 0 Å². The number of carbonyl (C=O) groups is 2. The smallest absolute Gasteiger partial charge is 0.414 e. The highest BCUT2D eigenvalue weighted by Gasteiger charge is 2.32. The van der Waals surface area contributed by atoms with Crippen LogP contribution in [0.4, 0.5) is 19.3 Å². The van der Waals surface area contributed by atoms with Gasteiger partial charge in [0.1, 0.15) is 17.7 Å². The van der Waals surface area contributed by atoms with Crippen molar-refractivity contribution in [2.45, 2.75) is 13.0 Å². The number of hydrogen-bond donors (Lipinski definition) is 1. The maximum absolute atomic E-state index is 14.4. The zero-order chi connectivity index (χ0) is 19.4. The van der Waals surface area contributed by atoms with Crippen LogP contribution in [0, 0.1) is 5.82 Å². The van der Waals surface area contributed by atoms with E-state index in [1.807, 2.05) is 0 Å². The first-order valence-corrected chi connectivity index (χ1v) is 8.39. The van der Waals surface area contributed by atoms with Crippen LogP contribution in [0.25, 0.3) is 11.9 Å². The average molecular weight is 372 g/mol. The molecular formula is C20H18F2N2O3. The number of anilines is 1. The molecule has 1 atom stereocenters. The van der Waals surface area contributed by atoms with Gasteiger partial charge in [-0.3, -0.25) is 9.69 Å². The number of nitrogens with one attached hydrogen (secondary N) is 1. The summed E-state index contributed by atoms with van der Waals surface area (Å²) in [4.78, 5) is 24.2. The van der Waals surface area contributed by atoms with E-state index in [0.29, 0.717) is 11.3 Å². The molecule has 1 aliphatic heterocycles. The second-order valence-corrected chi connectivity index (χ2v) is 6.12. The van der Waals surface area contributed by atoms with Crippen LogP contribution in [0.15, 0.2) is 48.5 Å². The summed E-state index contributed by atoms with van der Waals surface area (Å²) in [6.07, 6.45) is -0.0286. The van der Waals surface area contributed by atoms with Gasteiger partial charge in [0.15, 0.2) is 0 Å². The Hall–Kier alpha value is -3.22. The average Bonchev–Trinajstić information content (AvgIpc) is 3.03. The Kier molecular flexibility index (Phi) is 5.49. The SMILES string of the molecule is CC(=O)NC[C@H]1CN(c2ccc(/C=C(\F)c3ccccc3)c(F)c2)C(=O)O1. The molecule has 2 aromatic carbocycles. The molecule has 27 heavy (non-hydrogen) atoms. The molecule has 1 N–H and O–H groups in total. The molecule has 1 saturated heterocycles. The zero-order valence-corrected chi connectivity index (χ0v) is 14.6. The maximum atomic E-state index is 14.4. The summed E-state index contributed by atoms with van der Waals surface area (Å²) in [6, 6.07) is 12.4. The van der Waals surface area contributed by atoms with Gasteiger partial charge in [0, 0.05) is 18.1 Å². The molecule has 1 heterocycles. The molecule has 1 aliphatic rings. The number of cyclic esters (lactones) is 1. The molecular weight excluding hydrogens is 354 g/mol. The Labute approximate surface area is 155 Å². The van der Waals surface area contributed by atoms with Crippen LogP contribution >= 0.6 is 0 Å². The molecule has 0 radical (unpaired) electrons. The maximum Gasteiger partial charge on any atom is 0.414 e. The van der Waals surface area contributed by atoms with Gasteiger partial charge in [0.25, 0.3) is 0 Å². The van der Waals surface area contributed by atoms with Crippen molar-refractivity contribution in [3.05, 3.63) is 65.5 Å². The highest BCUT2D eigenvalue weighted by atomic mass is 19.1. The zero-order valence-electron chi connectivity index (χ0n) is 14.6. The fourth-order valence-corrected chi connectivity index (χ4v) is 2.71. The van der Waals surface area contributed by atoms with E-state index in [1.165, 1.54) is 24.0 Å². The molecule has 7 heteroatoms. The van der Waals surface area contributed by atoms with Crippen LogP contribution in [0.5, 0.6) is 0 Å². The summed E-state index contributed by atoms with van der Waals surface area (Å²) >= 11 is 0. The third-order valence-electron chi connectivity index (χ3n) is 4.08. The van der Waals surface area contributed by atoms with Gasteiger partial charge >= 0.3 is 6.09 Å². The summed E-state index contributed by atoms with van der Waals surface area (Å²) in [6.45, 7) is 1.74. The lowest BCUT2D eigenvalue weighted by atomic mass is 10.1. The van der Waals surface area contributed by atoms with Gasteiger partial charge in [-0.15, -0.1) is 0 Å².